The van der Waals surface area contributed by atoms with Crippen molar-refractivity contribution in [3.05, 3.63) is 35.9 Å². The van der Waals surface area contributed by atoms with E-state index in [1.54, 1.807) is 24.3 Å². The van der Waals surface area contributed by atoms with Gasteiger partial charge in [0.2, 0.25) is 5.91 Å². The fourth-order valence-electron chi connectivity index (χ4n) is 2.24. The third-order valence-corrected chi connectivity index (χ3v) is 3.38. The van der Waals surface area contributed by atoms with Crippen LogP contribution in [-0.2, 0) is 4.79 Å². The van der Waals surface area contributed by atoms with Crippen LogP contribution in [0.1, 0.15) is 32.1 Å². The summed E-state index contributed by atoms with van der Waals surface area (Å²) in [6.07, 6.45) is 7.29. The summed E-state index contributed by atoms with van der Waals surface area (Å²) in [5, 5.41) is 2.93. The molecule has 1 aliphatic carbocycles. The molecule has 2 rings (SSSR count). The number of anilines is 1. The number of nitrogen functional groups attached to an aromatic ring is 1. The van der Waals surface area contributed by atoms with E-state index in [9.17, 15) is 4.79 Å². The molecule has 1 aromatic rings. The number of hydrogen-bond donors (Lipinski definition) is 2. The Hall–Kier alpha value is -1.97. The van der Waals surface area contributed by atoms with Crippen molar-refractivity contribution in [3.8, 4) is 5.75 Å². The van der Waals surface area contributed by atoms with Gasteiger partial charge in [0.1, 0.15) is 5.75 Å². The molecule has 0 saturated heterocycles. The Balaban J connectivity index is 1.56. The van der Waals surface area contributed by atoms with Crippen LogP contribution in [0.2, 0.25) is 0 Å². The maximum Gasteiger partial charge on any atom is 0.223 e. The Morgan fingerprint density at radius 3 is 2.80 bits per heavy atom. The van der Waals surface area contributed by atoms with Crippen molar-refractivity contribution in [1.29, 1.82) is 0 Å². The van der Waals surface area contributed by atoms with Crippen molar-refractivity contribution < 1.29 is 9.53 Å². The van der Waals surface area contributed by atoms with Crippen LogP contribution >= 0.6 is 0 Å². The number of benzene rings is 1. The molecule has 4 heteroatoms. The molecule has 108 valence electrons. The van der Waals surface area contributed by atoms with Gasteiger partial charge in [-0.1, -0.05) is 11.6 Å². The maximum atomic E-state index is 11.6. The normalized spacial score (nSPS) is 13.9. The largest absolute Gasteiger partial charge is 0.493 e. The first-order valence-electron chi connectivity index (χ1n) is 7.17. The zero-order chi connectivity index (χ0) is 14.2. The molecule has 0 heterocycles. The maximum absolute atomic E-state index is 11.6. The topological polar surface area (TPSA) is 64.3 Å². The van der Waals surface area contributed by atoms with E-state index in [-0.39, 0.29) is 5.91 Å². The van der Waals surface area contributed by atoms with Gasteiger partial charge in [0.25, 0.3) is 0 Å². The highest BCUT2D eigenvalue weighted by molar-refractivity contribution is 5.75. The summed E-state index contributed by atoms with van der Waals surface area (Å²) < 4.78 is 5.48. The highest BCUT2D eigenvalue weighted by Gasteiger charge is 2.06. The molecule has 20 heavy (non-hydrogen) atoms. The van der Waals surface area contributed by atoms with Crippen molar-refractivity contribution in [2.24, 2.45) is 0 Å². The van der Waals surface area contributed by atoms with Crippen LogP contribution in [0.25, 0.3) is 0 Å². The molecule has 4 nitrogen and oxygen atoms in total. The Labute approximate surface area is 120 Å². The van der Waals surface area contributed by atoms with Gasteiger partial charge in [-0.2, -0.15) is 0 Å². The summed E-state index contributed by atoms with van der Waals surface area (Å²) in [6.45, 7) is 1.12. The fraction of sp³-hybridized carbons (Fsp3) is 0.438. The molecular weight excluding hydrogens is 252 g/mol. The average molecular weight is 274 g/mol. The standard InChI is InChI=1S/C16H22N2O2/c17-14-5-7-15(8-6-14)20-12-10-16(19)18-11-9-13-3-1-2-4-13/h3,5-8H,1-2,4,9-12,17H2,(H,18,19). The van der Waals surface area contributed by atoms with Crippen LogP contribution in [-0.4, -0.2) is 19.1 Å². The molecule has 0 unspecified atom stereocenters. The molecule has 0 aromatic heterocycles. The lowest BCUT2D eigenvalue weighted by atomic mass is 10.2. The van der Waals surface area contributed by atoms with Gasteiger partial charge in [0.15, 0.2) is 0 Å². The predicted molar refractivity (Wildman–Crippen MR) is 80.5 cm³/mol. The Morgan fingerprint density at radius 2 is 2.10 bits per heavy atom. The smallest absolute Gasteiger partial charge is 0.223 e. The van der Waals surface area contributed by atoms with E-state index >= 15 is 0 Å². The van der Waals surface area contributed by atoms with Crippen molar-refractivity contribution in [2.45, 2.75) is 32.1 Å². The van der Waals surface area contributed by atoms with E-state index in [0.29, 0.717) is 18.7 Å². The fourth-order valence-corrected chi connectivity index (χ4v) is 2.24. The molecule has 0 fully saturated rings. The zero-order valence-corrected chi connectivity index (χ0v) is 11.7. The van der Waals surface area contributed by atoms with Gasteiger partial charge >= 0.3 is 0 Å². The minimum absolute atomic E-state index is 0.0408. The number of carbonyl (C=O) groups excluding carboxylic acids is 1. The number of hydrogen-bond acceptors (Lipinski definition) is 3. The van der Waals surface area contributed by atoms with Crippen molar-refractivity contribution in [1.82, 2.24) is 5.32 Å². The third-order valence-electron chi connectivity index (χ3n) is 3.38. The van der Waals surface area contributed by atoms with Gasteiger partial charge in [-0.25, -0.2) is 0 Å². The van der Waals surface area contributed by atoms with Crippen LogP contribution < -0.4 is 15.8 Å². The van der Waals surface area contributed by atoms with Crippen LogP contribution in [0, 0.1) is 0 Å². The molecule has 0 spiro atoms. The van der Waals surface area contributed by atoms with E-state index in [1.807, 2.05) is 0 Å². The van der Waals surface area contributed by atoms with E-state index in [2.05, 4.69) is 11.4 Å². The molecule has 1 aliphatic rings. The van der Waals surface area contributed by atoms with Gasteiger partial charge in [-0.05, 0) is 49.9 Å². The molecule has 0 aliphatic heterocycles. The highest BCUT2D eigenvalue weighted by Crippen LogP contribution is 2.19. The molecular formula is C16H22N2O2. The third kappa shape index (κ3) is 4.96. The summed E-state index contributed by atoms with van der Waals surface area (Å²) in [6, 6.07) is 7.18. The first kappa shape index (κ1) is 14.4. The van der Waals surface area contributed by atoms with Crippen molar-refractivity contribution in [3.63, 3.8) is 0 Å². The van der Waals surface area contributed by atoms with E-state index in [4.69, 9.17) is 10.5 Å². The summed E-state index contributed by atoms with van der Waals surface area (Å²) in [4.78, 5) is 11.6. The second kappa shape index (κ2) is 7.58. The van der Waals surface area contributed by atoms with Crippen LogP contribution in [0.5, 0.6) is 5.75 Å². The van der Waals surface area contributed by atoms with Gasteiger partial charge in [-0.15, -0.1) is 0 Å². The predicted octanol–water partition coefficient (Wildman–Crippen LogP) is 2.65. The number of ether oxygens (including phenoxy) is 1. The average Bonchev–Trinajstić information content (AvgIpc) is 2.94. The van der Waals surface area contributed by atoms with Gasteiger partial charge in [0.05, 0.1) is 13.0 Å². The number of rotatable bonds is 7. The first-order valence-corrected chi connectivity index (χ1v) is 7.17. The monoisotopic (exact) mass is 274 g/mol. The van der Waals surface area contributed by atoms with Crippen molar-refractivity contribution in [2.75, 3.05) is 18.9 Å². The van der Waals surface area contributed by atoms with E-state index in [0.717, 1.165) is 18.7 Å². The van der Waals surface area contributed by atoms with Crippen LogP contribution in [0.15, 0.2) is 35.9 Å². The summed E-state index contributed by atoms with van der Waals surface area (Å²) in [5.41, 5.74) is 7.77. The zero-order valence-electron chi connectivity index (χ0n) is 11.7. The van der Waals surface area contributed by atoms with Gasteiger partial charge in [0, 0.05) is 12.2 Å². The van der Waals surface area contributed by atoms with Gasteiger partial charge in [-0.3, -0.25) is 4.79 Å². The molecule has 3 N–H and O–H groups in total. The van der Waals surface area contributed by atoms with E-state index in [1.165, 1.54) is 24.8 Å². The van der Waals surface area contributed by atoms with Crippen LogP contribution in [0.3, 0.4) is 0 Å². The first-order chi connectivity index (χ1) is 9.74. The molecule has 0 saturated carbocycles. The Morgan fingerprint density at radius 1 is 1.30 bits per heavy atom. The lowest BCUT2D eigenvalue weighted by Crippen LogP contribution is -2.26. The number of nitrogens with two attached hydrogens (primary N) is 1. The minimum atomic E-state index is 0.0408. The summed E-state index contributed by atoms with van der Waals surface area (Å²) in [5.74, 6) is 0.780. The molecule has 0 radical (unpaired) electrons. The van der Waals surface area contributed by atoms with Crippen molar-refractivity contribution >= 4 is 11.6 Å². The lowest BCUT2D eigenvalue weighted by Gasteiger charge is -2.08. The Kier molecular flexibility index (Phi) is 5.47. The lowest BCUT2D eigenvalue weighted by molar-refractivity contribution is -0.121. The van der Waals surface area contributed by atoms with Crippen LogP contribution in [0.4, 0.5) is 5.69 Å². The molecule has 1 amide bonds. The number of amides is 1. The summed E-state index contributed by atoms with van der Waals surface area (Å²) >= 11 is 0. The second-order valence-electron chi connectivity index (χ2n) is 5.02. The Bertz CT molecular complexity index is 466. The summed E-state index contributed by atoms with van der Waals surface area (Å²) in [7, 11) is 0. The quantitative estimate of drug-likeness (QED) is 0.593. The SMILES string of the molecule is Nc1ccc(OCCC(=O)NCCC2=CCCC2)cc1. The molecule has 0 bridgehead atoms. The van der Waals surface area contributed by atoms with Gasteiger partial charge < -0.3 is 15.8 Å². The highest BCUT2D eigenvalue weighted by atomic mass is 16.5. The number of allylic oxidation sites excluding steroid dienone is 1. The number of nitrogens with one attached hydrogen (secondary N) is 1. The second-order valence-corrected chi connectivity index (χ2v) is 5.02. The number of carbonyl (C=O) groups is 1. The van der Waals surface area contributed by atoms with E-state index < -0.39 is 0 Å². The molecule has 0 atom stereocenters. The minimum Gasteiger partial charge on any atom is -0.493 e. The molecule has 1 aromatic carbocycles.